The van der Waals surface area contributed by atoms with Crippen LogP contribution in [0.15, 0.2) is 0 Å². The lowest BCUT2D eigenvalue weighted by Crippen LogP contribution is -2.39. The maximum atomic E-state index is 11.1. The first-order valence-corrected chi connectivity index (χ1v) is 5.57. The van der Waals surface area contributed by atoms with E-state index >= 15 is 0 Å². The fourth-order valence-corrected chi connectivity index (χ4v) is 2.33. The maximum Gasteiger partial charge on any atom is 0.320 e. The topological polar surface area (TPSA) is 95.5 Å². The predicted molar refractivity (Wildman–Crippen MR) is 45.8 cm³/mol. The Morgan fingerprint density at radius 3 is 2.77 bits per heavy atom. The summed E-state index contributed by atoms with van der Waals surface area (Å²) in [5.41, 5.74) is 0. The van der Waals surface area contributed by atoms with E-state index < -0.39 is 21.7 Å². The number of aliphatic carboxylic acids is 1. The second-order valence-corrected chi connectivity index (χ2v) is 4.71. The smallest absolute Gasteiger partial charge is 0.320 e. The van der Waals surface area contributed by atoms with Crippen molar-refractivity contribution in [3.05, 3.63) is 0 Å². The molecule has 0 aromatic carbocycles. The number of hydrogen-bond acceptors (Lipinski definition) is 4. The molecule has 0 aliphatic carbocycles. The number of carboxylic acids is 1. The standard InChI is InChI=1S/C6H12N2O4S/c9-6(10)4-13(11,12)8-5-1-2-7-3-5/h5,7-8H,1-4H2,(H,9,10)/t5-/m0/s1. The van der Waals surface area contributed by atoms with Crippen molar-refractivity contribution in [1.29, 1.82) is 0 Å². The molecule has 3 N–H and O–H groups in total. The van der Waals surface area contributed by atoms with E-state index in [0.29, 0.717) is 13.0 Å². The van der Waals surface area contributed by atoms with E-state index in [1.54, 1.807) is 0 Å². The van der Waals surface area contributed by atoms with Crippen molar-refractivity contribution in [3.8, 4) is 0 Å². The molecule has 1 heterocycles. The second kappa shape index (κ2) is 4.03. The molecule has 0 radical (unpaired) electrons. The summed E-state index contributed by atoms with van der Waals surface area (Å²) in [7, 11) is -3.65. The van der Waals surface area contributed by atoms with Gasteiger partial charge in [-0.2, -0.15) is 0 Å². The third-order valence-electron chi connectivity index (χ3n) is 1.72. The largest absolute Gasteiger partial charge is 0.480 e. The summed E-state index contributed by atoms with van der Waals surface area (Å²) in [5, 5.41) is 11.3. The van der Waals surface area contributed by atoms with Crippen LogP contribution in [0.3, 0.4) is 0 Å². The fraction of sp³-hybridized carbons (Fsp3) is 0.833. The summed E-state index contributed by atoms with van der Waals surface area (Å²) in [6.07, 6.45) is 0.707. The highest BCUT2D eigenvalue weighted by Crippen LogP contribution is 1.99. The molecule has 1 fully saturated rings. The zero-order valence-corrected chi connectivity index (χ0v) is 7.80. The quantitative estimate of drug-likeness (QED) is 0.514. The van der Waals surface area contributed by atoms with E-state index in [9.17, 15) is 13.2 Å². The average molecular weight is 208 g/mol. The van der Waals surface area contributed by atoms with E-state index in [2.05, 4.69) is 10.0 Å². The van der Waals surface area contributed by atoms with Crippen LogP contribution in [0.4, 0.5) is 0 Å². The Balaban J connectivity index is 2.46. The van der Waals surface area contributed by atoms with Gasteiger partial charge in [-0.1, -0.05) is 0 Å². The van der Waals surface area contributed by atoms with E-state index in [0.717, 1.165) is 6.54 Å². The Morgan fingerprint density at radius 1 is 1.62 bits per heavy atom. The van der Waals surface area contributed by atoms with Crippen molar-refractivity contribution >= 4 is 16.0 Å². The lowest BCUT2D eigenvalue weighted by molar-refractivity contribution is -0.134. The Morgan fingerprint density at radius 2 is 2.31 bits per heavy atom. The third kappa shape index (κ3) is 3.71. The molecule has 13 heavy (non-hydrogen) atoms. The van der Waals surface area contributed by atoms with Crippen molar-refractivity contribution in [1.82, 2.24) is 10.0 Å². The summed E-state index contributed by atoms with van der Waals surface area (Å²) in [4.78, 5) is 10.2. The Hall–Kier alpha value is -0.660. The van der Waals surface area contributed by atoms with Crippen LogP contribution in [0.25, 0.3) is 0 Å². The van der Waals surface area contributed by atoms with Gasteiger partial charge >= 0.3 is 5.97 Å². The number of hydrogen-bond donors (Lipinski definition) is 3. The van der Waals surface area contributed by atoms with Gasteiger partial charge in [0.2, 0.25) is 10.0 Å². The van der Waals surface area contributed by atoms with Crippen LogP contribution in [0.5, 0.6) is 0 Å². The zero-order chi connectivity index (χ0) is 9.90. The molecule has 76 valence electrons. The van der Waals surface area contributed by atoms with Gasteiger partial charge in [0, 0.05) is 12.6 Å². The molecule has 0 aromatic heterocycles. The molecule has 0 bridgehead atoms. The molecule has 0 aromatic rings. The van der Waals surface area contributed by atoms with Crippen LogP contribution >= 0.6 is 0 Å². The van der Waals surface area contributed by atoms with Gasteiger partial charge in [0.15, 0.2) is 5.75 Å². The summed E-state index contributed by atoms with van der Waals surface area (Å²) in [5.74, 6) is -2.19. The third-order valence-corrected chi connectivity index (χ3v) is 3.04. The number of nitrogens with one attached hydrogen (secondary N) is 2. The molecule has 0 spiro atoms. The molecule has 6 nitrogen and oxygen atoms in total. The minimum atomic E-state index is -3.65. The van der Waals surface area contributed by atoms with E-state index in [1.165, 1.54) is 0 Å². The van der Waals surface area contributed by atoms with Gasteiger partial charge in [0.1, 0.15) is 0 Å². The van der Waals surface area contributed by atoms with Crippen LogP contribution in [-0.2, 0) is 14.8 Å². The van der Waals surface area contributed by atoms with Crippen LogP contribution in [0.2, 0.25) is 0 Å². The molecular formula is C6H12N2O4S. The highest BCUT2D eigenvalue weighted by Gasteiger charge is 2.22. The molecular weight excluding hydrogens is 196 g/mol. The molecule has 0 amide bonds. The number of carboxylic acid groups (broad SMARTS) is 1. The number of rotatable bonds is 4. The van der Waals surface area contributed by atoms with Crippen LogP contribution in [0, 0.1) is 0 Å². The Kier molecular flexibility index (Phi) is 3.23. The van der Waals surface area contributed by atoms with Crippen molar-refractivity contribution in [2.75, 3.05) is 18.8 Å². The van der Waals surface area contributed by atoms with Crippen LogP contribution in [-0.4, -0.2) is 44.4 Å². The van der Waals surface area contributed by atoms with E-state index in [4.69, 9.17) is 5.11 Å². The summed E-state index contributed by atoms with van der Waals surface area (Å²) in [6, 6.07) is -0.163. The first-order chi connectivity index (χ1) is 5.99. The van der Waals surface area contributed by atoms with Gasteiger partial charge in [-0.05, 0) is 13.0 Å². The highest BCUT2D eigenvalue weighted by molar-refractivity contribution is 7.90. The second-order valence-electron chi connectivity index (χ2n) is 2.96. The molecule has 1 aliphatic heterocycles. The molecule has 7 heteroatoms. The minimum Gasteiger partial charge on any atom is -0.480 e. The number of sulfonamides is 1. The van der Waals surface area contributed by atoms with Gasteiger partial charge < -0.3 is 10.4 Å². The first kappa shape index (κ1) is 10.4. The Bertz CT molecular complexity index is 281. The maximum absolute atomic E-state index is 11.1. The van der Waals surface area contributed by atoms with E-state index in [-0.39, 0.29) is 6.04 Å². The lowest BCUT2D eigenvalue weighted by atomic mass is 10.3. The molecule has 0 unspecified atom stereocenters. The molecule has 1 rings (SSSR count). The zero-order valence-electron chi connectivity index (χ0n) is 6.99. The summed E-state index contributed by atoms with van der Waals surface area (Å²) in [6.45, 7) is 1.33. The van der Waals surface area contributed by atoms with Crippen LogP contribution < -0.4 is 10.0 Å². The van der Waals surface area contributed by atoms with Crippen LogP contribution in [0.1, 0.15) is 6.42 Å². The van der Waals surface area contributed by atoms with Gasteiger partial charge in [0.25, 0.3) is 0 Å². The van der Waals surface area contributed by atoms with Gasteiger partial charge in [-0.25, -0.2) is 13.1 Å². The molecule has 1 atom stereocenters. The highest BCUT2D eigenvalue weighted by atomic mass is 32.2. The van der Waals surface area contributed by atoms with Gasteiger partial charge in [0.05, 0.1) is 0 Å². The summed E-state index contributed by atoms with van der Waals surface area (Å²) < 4.78 is 24.5. The van der Waals surface area contributed by atoms with Crippen molar-refractivity contribution in [3.63, 3.8) is 0 Å². The Labute approximate surface area is 76.4 Å². The minimum absolute atomic E-state index is 0.163. The van der Waals surface area contributed by atoms with E-state index in [1.807, 2.05) is 0 Å². The fourth-order valence-electron chi connectivity index (χ4n) is 1.21. The molecule has 0 saturated carbocycles. The molecule has 1 aliphatic rings. The predicted octanol–water partition coefficient (Wildman–Crippen LogP) is -1.65. The normalized spacial score (nSPS) is 23.2. The molecule has 1 saturated heterocycles. The lowest BCUT2D eigenvalue weighted by Gasteiger charge is -2.09. The summed E-state index contributed by atoms with van der Waals surface area (Å²) >= 11 is 0. The first-order valence-electron chi connectivity index (χ1n) is 3.92. The SMILES string of the molecule is O=C(O)CS(=O)(=O)N[C@H]1CCNC1. The van der Waals surface area contributed by atoms with Crippen molar-refractivity contribution in [2.24, 2.45) is 0 Å². The van der Waals surface area contributed by atoms with Crippen molar-refractivity contribution in [2.45, 2.75) is 12.5 Å². The monoisotopic (exact) mass is 208 g/mol. The van der Waals surface area contributed by atoms with Gasteiger partial charge in [-0.3, -0.25) is 4.79 Å². The van der Waals surface area contributed by atoms with Gasteiger partial charge in [-0.15, -0.1) is 0 Å². The average Bonchev–Trinajstić information content (AvgIpc) is 2.34. The number of carbonyl (C=O) groups is 1. The van der Waals surface area contributed by atoms with Crippen molar-refractivity contribution < 1.29 is 18.3 Å².